The van der Waals surface area contributed by atoms with Gasteiger partial charge in [-0.25, -0.2) is 9.97 Å². The Balaban J connectivity index is 1.42. The molecule has 0 radical (unpaired) electrons. The van der Waals surface area contributed by atoms with E-state index in [2.05, 4.69) is 30.2 Å². The summed E-state index contributed by atoms with van der Waals surface area (Å²) in [6, 6.07) is 5.63. The molecule has 0 aliphatic heterocycles. The molecular formula is C21H16F3N7O. The van der Waals surface area contributed by atoms with Crippen LogP contribution in [0.15, 0.2) is 61.6 Å². The molecule has 0 aromatic carbocycles. The number of rotatable bonds is 5. The summed E-state index contributed by atoms with van der Waals surface area (Å²) in [4.78, 5) is 32.5. The number of imidazole rings is 1. The molecule has 0 saturated heterocycles. The summed E-state index contributed by atoms with van der Waals surface area (Å²) in [5, 5.41) is 2.70. The third kappa shape index (κ3) is 4.61. The lowest BCUT2D eigenvalue weighted by Crippen LogP contribution is -2.19. The number of halogens is 3. The van der Waals surface area contributed by atoms with Crippen LogP contribution in [0.1, 0.15) is 11.4 Å². The molecule has 0 spiro atoms. The summed E-state index contributed by atoms with van der Waals surface area (Å²) in [6.45, 7) is 1.68. The zero-order valence-electron chi connectivity index (χ0n) is 16.7. The Hall–Kier alpha value is -4.15. The number of amides is 1. The number of nitrogens with zero attached hydrogens (tertiary/aromatic N) is 6. The van der Waals surface area contributed by atoms with Crippen molar-refractivity contribution < 1.29 is 18.0 Å². The van der Waals surface area contributed by atoms with Gasteiger partial charge in [-0.1, -0.05) is 0 Å². The monoisotopic (exact) mass is 439 g/mol. The van der Waals surface area contributed by atoms with E-state index in [1.165, 1.54) is 12.4 Å². The smallest absolute Gasteiger partial charge is 0.325 e. The number of aromatic nitrogens is 6. The van der Waals surface area contributed by atoms with Gasteiger partial charge in [0.15, 0.2) is 0 Å². The Labute approximate surface area is 180 Å². The fourth-order valence-electron chi connectivity index (χ4n) is 2.99. The van der Waals surface area contributed by atoms with Gasteiger partial charge in [-0.15, -0.1) is 0 Å². The van der Waals surface area contributed by atoms with Crippen molar-refractivity contribution in [2.24, 2.45) is 0 Å². The van der Waals surface area contributed by atoms with Gasteiger partial charge in [0.05, 0.1) is 23.9 Å². The summed E-state index contributed by atoms with van der Waals surface area (Å²) in [6.07, 6.45) is 4.40. The Morgan fingerprint density at radius 3 is 2.38 bits per heavy atom. The van der Waals surface area contributed by atoms with Crippen molar-refractivity contribution in [1.29, 1.82) is 0 Å². The van der Waals surface area contributed by atoms with Crippen LogP contribution in [0.3, 0.4) is 0 Å². The van der Waals surface area contributed by atoms with E-state index in [1.807, 2.05) is 0 Å². The largest absolute Gasteiger partial charge is 0.433 e. The quantitative estimate of drug-likeness (QED) is 0.508. The maximum atomic E-state index is 12.7. The first kappa shape index (κ1) is 21.1. The number of anilines is 1. The average Bonchev–Trinajstić information content (AvgIpc) is 3.14. The normalized spacial score (nSPS) is 11.4. The number of pyridine rings is 2. The molecule has 162 valence electrons. The second-order valence-electron chi connectivity index (χ2n) is 6.81. The van der Waals surface area contributed by atoms with Crippen LogP contribution >= 0.6 is 0 Å². The lowest BCUT2D eigenvalue weighted by atomic mass is 10.1. The molecule has 4 aromatic rings. The van der Waals surface area contributed by atoms with E-state index in [9.17, 15) is 18.0 Å². The first-order valence-corrected chi connectivity index (χ1v) is 9.39. The van der Waals surface area contributed by atoms with Gasteiger partial charge in [-0.2, -0.15) is 13.2 Å². The number of nitrogens with one attached hydrogen (secondary N) is 1. The molecule has 8 nitrogen and oxygen atoms in total. The molecule has 4 heterocycles. The summed E-state index contributed by atoms with van der Waals surface area (Å²) in [5.41, 5.74) is 1.94. The highest BCUT2D eigenvalue weighted by molar-refractivity contribution is 5.89. The van der Waals surface area contributed by atoms with E-state index in [-0.39, 0.29) is 12.5 Å². The lowest BCUT2D eigenvalue weighted by Gasteiger charge is -2.08. The van der Waals surface area contributed by atoms with Crippen LogP contribution in [0, 0.1) is 6.92 Å². The summed E-state index contributed by atoms with van der Waals surface area (Å²) in [5.74, 6) is 0.0370. The second kappa shape index (κ2) is 8.53. The molecule has 0 aliphatic carbocycles. The molecular weight excluding hydrogens is 423 g/mol. The van der Waals surface area contributed by atoms with E-state index < -0.39 is 11.9 Å². The molecule has 11 heteroatoms. The summed E-state index contributed by atoms with van der Waals surface area (Å²) in [7, 11) is 0. The number of carbonyl (C=O) groups excluding carboxylic acids is 1. The van der Waals surface area contributed by atoms with Crippen molar-refractivity contribution in [3.05, 3.63) is 73.0 Å². The maximum Gasteiger partial charge on any atom is 0.433 e. The molecule has 0 aliphatic rings. The van der Waals surface area contributed by atoms with Crippen LogP contribution in [0.5, 0.6) is 0 Å². The molecule has 4 rings (SSSR count). The van der Waals surface area contributed by atoms with E-state index in [1.54, 1.807) is 48.4 Å². The van der Waals surface area contributed by atoms with E-state index in [0.717, 1.165) is 17.8 Å². The van der Waals surface area contributed by atoms with Gasteiger partial charge < -0.3 is 9.88 Å². The lowest BCUT2D eigenvalue weighted by molar-refractivity contribution is -0.141. The second-order valence-corrected chi connectivity index (χ2v) is 6.81. The van der Waals surface area contributed by atoms with Gasteiger partial charge in [0.1, 0.15) is 18.1 Å². The Kier molecular flexibility index (Phi) is 5.63. The van der Waals surface area contributed by atoms with Gasteiger partial charge in [-0.3, -0.25) is 19.7 Å². The van der Waals surface area contributed by atoms with Crippen LogP contribution in [0.2, 0.25) is 0 Å². The predicted molar refractivity (Wildman–Crippen MR) is 109 cm³/mol. The van der Waals surface area contributed by atoms with Gasteiger partial charge in [0, 0.05) is 41.6 Å². The standard InChI is InChI=1S/C21H16F3N7O/c1-13-20(15-2-4-17(27-9-15)21(22,23)24)29-12-31(13)11-19(32)30-18-5-3-14(8-28-18)16-10-25-6-7-26-16/h2-10,12H,11H2,1H3,(H,28,30,32). The molecule has 32 heavy (non-hydrogen) atoms. The fourth-order valence-corrected chi connectivity index (χ4v) is 2.99. The maximum absolute atomic E-state index is 12.7. The SMILES string of the molecule is Cc1c(-c2ccc(C(F)(F)F)nc2)ncn1CC(=O)Nc1ccc(-c2cnccn2)cn1. The van der Waals surface area contributed by atoms with E-state index >= 15 is 0 Å². The predicted octanol–water partition coefficient (Wildman–Crippen LogP) is 3.76. The summed E-state index contributed by atoms with van der Waals surface area (Å²) < 4.78 is 39.7. The highest BCUT2D eigenvalue weighted by Crippen LogP contribution is 2.29. The minimum absolute atomic E-state index is 0.0412. The van der Waals surface area contributed by atoms with Gasteiger partial charge in [0.25, 0.3) is 0 Å². The number of alkyl halides is 3. The van der Waals surface area contributed by atoms with Crippen molar-refractivity contribution in [3.8, 4) is 22.5 Å². The van der Waals surface area contributed by atoms with Crippen LogP contribution in [0.25, 0.3) is 22.5 Å². The number of hydrogen-bond donors (Lipinski definition) is 1. The van der Waals surface area contributed by atoms with Crippen molar-refractivity contribution >= 4 is 11.7 Å². The molecule has 0 fully saturated rings. The highest BCUT2D eigenvalue weighted by atomic mass is 19.4. The first-order valence-electron chi connectivity index (χ1n) is 9.39. The van der Waals surface area contributed by atoms with Crippen molar-refractivity contribution in [2.75, 3.05) is 5.32 Å². The van der Waals surface area contributed by atoms with Crippen molar-refractivity contribution in [3.63, 3.8) is 0 Å². The van der Waals surface area contributed by atoms with Crippen molar-refractivity contribution in [2.45, 2.75) is 19.6 Å². The number of hydrogen-bond acceptors (Lipinski definition) is 6. The molecule has 0 bridgehead atoms. The van der Waals surface area contributed by atoms with E-state index in [0.29, 0.717) is 28.5 Å². The molecule has 0 saturated carbocycles. The van der Waals surface area contributed by atoms with Crippen LogP contribution < -0.4 is 5.32 Å². The van der Waals surface area contributed by atoms with Crippen molar-refractivity contribution in [1.82, 2.24) is 29.5 Å². The Morgan fingerprint density at radius 1 is 0.969 bits per heavy atom. The van der Waals surface area contributed by atoms with E-state index in [4.69, 9.17) is 0 Å². The molecule has 0 unspecified atom stereocenters. The minimum Gasteiger partial charge on any atom is -0.325 e. The van der Waals surface area contributed by atoms with Gasteiger partial charge in [-0.05, 0) is 31.2 Å². The average molecular weight is 439 g/mol. The van der Waals surface area contributed by atoms with Gasteiger partial charge >= 0.3 is 6.18 Å². The Bertz CT molecular complexity index is 1220. The first-order chi connectivity index (χ1) is 15.3. The highest BCUT2D eigenvalue weighted by Gasteiger charge is 2.32. The fraction of sp³-hybridized carbons (Fsp3) is 0.143. The van der Waals surface area contributed by atoms with Gasteiger partial charge in [0.2, 0.25) is 5.91 Å². The molecule has 1 N–H and O–H groups in total. The van der Waals surface area contributed by atoms with Crippen LogP contribution in [0.4, 0.5) is 19.0 Å². The topological polar surface area (TPSA) is 98.5 Å². The molecule has 0 atom stereocenters. The zero-order valence-corrected chi connectivity index (χ0v) is 16.7. The molecule has 1 amide bonds. The minimum atomic E-state index is -4.51. The third-order valence-corrected chi connectivity index (χ3v) is 4.63. The van der Waals surface area contributed by atoms with Crippen LogP contribution in [-0.4, -0.2) is 35.4 Å². The summed E-state index contributed by atoms with van der Waals surface area (Å²) >= 11 is 0. The zero-order chi connectivity index (χ0) is 22.7. The number of carbonyl (C=O) groups is 1. The Morgan fingerprint density at radius 2 is 1.75 bits per heavy atom. The van der Waals surface area contributed by atoms with Crippen LogP contribution in [-0.2, 0) is 17.5 Å². The third-order valence-electron chi connectivity index (χ3n) is 4.63. The molecule has 4 aromatic heterocycles.